The van der Waals surface area contributed by atoms with Gasteiger partial charge in [0, 0.05) is 11.6 Å². The highest BCUT2D eigenvalue weighted by molar-refractivity contribution is 7.88. The van der Waals surface area contributed by atoms with E-state index in [2.05, 4.69) is 4.72 Å². The molecule has 1 N–H and O–H groups in total. The third-order valence-electron chi connectivity index (χ3n) is 3.85. The van der Waals surface area contributed by atoms with Gasteiger partial charge in [0.15, 0.2) is 0 Å². The molecule has 0 aromatic heterocycles. The minimum atomic E-state index is -3.69. The zero-order valence-corrected chi connectivity index (χ0v) is 15.5. The van der Waals surface area contributed by atoms with E-state index in [9.17, 15) is 12.8 Å². The fourth-order valence-electron chi connectivity index (χ4n) is 2.64. The molecule has 0 bridgehead atoms. The molecular formula is C19H24FNO3S. The highest BCUT2D eigenvalue weighted by Crippen LogP contribution is 2.25. The van der Waals surface area contributed by atoms with Crippen molar-refractivity contribution in [2.45, 2.75) is 32.1 Å². The average molecular weight is 365 g/mol. The minimum absolute atomic E-state index is 0.160. The van der Waals surface area contributed by atoms with Gasteiger partial charge in [0.25, 0.3) is 0 Å². The normalized spacial score (nSPS) is 13.0. The van der Waals surface area contributed by atoms with E-state index in [4.69, 9.17) is 4.74 Å². The molecule has 136 valence electrons. The molecule has 0 saturated heterocycles. The summed E-state index contributed by atoms with van der Waals surface area (Å²) >= 11 is 0. The van der Waals surface area contributed by atoms with Crippen molar-refractivity contribution >= 4 is 10.0 Å². The van der Waals surface area contributed by atoms with E-state index in [0.29, 0.717) is 18.1 Å². The first kappa shape index (κ1) is 19.4. The van der Waals surface area contributed by atoms with Crippen LogP contribution in [-0.4, -0.2) is 15.5 Å². The Bertz CT molecular complexity index is 789. The third-order valence-corrected chi connectivity index (χ3v) is 5.19. The van der Waals surface area contributed by atoms with Gasteiger partial charge in [-0.25, -0.2) is 17.5 Å². The molecule has 0 unspecified atom stereocenters. The molecule has 1 atom stereocenters. The lowest BCUT2D eigenvalue weighted by atomic mass is 9.98. The SMILES string of the molecule is COc1ccc([C@@H](CC(C)C)NS(=O)(=O)Cc2ccccc2F)cc1. The van der Waals surface area contributed by atoms with E-state index in [1.807, 2.05) is 26.0 Å². The van der Waals surface area contributed by atoms with Crippen molar-refractivity contribution in [3.63, 3.8) is 0 Å². The van der Waals surface area contributed by atoms with E-state index < -0.39 is 15.8 Å². The van der Waals surface area contributed by atoms with Gasteiger partial charge in [-0.2, -0.15) is 0 Å². The molecule has 0 aliphatic carbocycles. The van der Waals surface area contributed by atoms with Crippen LogP contribution >= 0.6 is 0 Å². The molecule has 0 saturated carbocycles. The average Bonchev–Trinajstić information content (AvgIpc) is 2.55. The molecule has 0 spiro atoms. The fourth-order valence-corrected chi connectivity index (χ4v) is 4.03. The summed E-state index contributed by atoms with van der Waals surface area (Å²) in [5.41, 5.74) is 1.01. The smallest absolute Gasteiger partial charge is 0.216 e. The molecular weight excluding hydrogens is 341 g/mol. The van der Waals surface area contributed by atoms with E-state index in [-0.39, 0.29) is 17.4 Å². The van der Waals surface area contributed by atoms with E-state index in [1.165, 1.54) is 18.2 Å². The Morgan fingerprint density at radius 1 is 1.08 bits per heavy atom. The van der Waals surface area contributed by atoms with Gasteiger partial charge in [-0.3, -0.25) is 0 Å². The Morgan fingerprint density at radius 2 is 1.72 bits per heavy atom. The number of halogens is 1. The summed E-state index contributed by atoms with van der Waals surface area (Å²) in [5.74, 6) is 0.104. The summed E-state index contributed by atoms with van der Waals surface area (Å²) in [6.45, 7) is 4.06. The van der Waals surface area contributed by atoms with Crippen molar-refractivity contribution in [3.8, 4) is 5.75 Å². The quantitative estimate of drug-likeness (QED) is 0.768. The van der Waals surface area contributed by atoms with Gasteiger partial charge in [0.2, 0.25) is 10.0 Å². The summed E-state index contributed by atoms with van der Waals surface area (Å²) in [7, 11) is -2.11. The Hall–Kier alpha value is -1.92. The second-order valence-corrected chi connectivity index (χ2v) is 8.18. The summed E-state index contributed by atoms with van der Waals surface area (Å²) < 4.78 is 46.7. The molecule has 0 amide bonds. The lowest BCUT2D eigenvalue weighted by Crippen LogP contribution is -2.31. The highest BCUT2D eigenvalue weighted by atomic mass is 32.2. The number of ether oxygens (including phenoxy) is 1. The summed E-state index contributed by atoms with van der Waals surface area (Å²) in [6, 6.07) is 12.8. The zero-order chi connectivity index (χ0) is 18.4. The van der Waals surface area contributed by atoms with Crippen LogP contribution in [-0.2, 0) is 15.8 Å². The van der Waals surface area contributed by atoms with Gasteiger partial charge in [-0.15, -0.1) is 0 Å². The predicted octanol–water partition coefficient (Wildman–Crippen LogP) is 4.04. The largest absolute Gasteiger partial charge is 0.497 e. The molecule has 0 radical (unpaired) electrons. The Balaban J connectivity index is 2.21. The zero-order valence-electron chi connectivity index (χ0n) is 14.7. The summed E-state index contributed by atoms with van der Waals surface area (Å²) in [4.78, 5) is 0. The molecule has 0 aliphatic heterocycles. The van der Waals surface area contributed by atoms with Crippen LogP contribution in [0.5, 0.6) is 5.75 Å². The number of hydrogen-bond donors (Lipinski definition) is 1. The molecule has 4 nitrogen and oxygen atoms in total. The van der Waals surface area contributed by atoms with Crippen molar-refractivity contribution in [2.24, 2.45) is 5.92 Å². The fraction of sp³-hybridized carbons (Fsp3) is 0.368. The van der Waals surface area contributed by atoms with E-state index >= 15 is 0 Å². The van der Waals surface area contributed by atoms with Crippen molar-refractivity contribution in [2.75, 3.05) is 7.11 Å². The van der Waals surface area contributed by atoms with Crippen molar-refractivity contribution in [1.29, 1.82) is 0 Å². The monoisotopic (exact) mass is 365 g/mol. The first-order chi connectivity index (χ1) is 11.8. The number of rotatable bonds is 8. The molecule has 0 heterocycles. The Labute approximate surface area is 149 Å². The number of nitrogens with one attached hydrogen (secondary N) is 1. The van der Waals surface area contributed by atoms with Gasteiger partial charge in [-0.1, -0.05) is 44.2 Å². The van der Waals surface area contributed by atoms with Crippen LogP contribution in [0.2, 0.25) is 0 Å². The maximum atomic E-state index is 13.8. The summed E-state index contributed by atoms with van der Waals surface area (Å²) in [6.07, 6.45) is 0.642. The van der Waals surface area contributed by atoms with Crippen LogP contribution in [0.1, 0.15) is 37.4 Å². The number of benzene rings is 2. The molecule has 2 aromatic carbocycles. The lowest BCUT2D eigenvalue weighted by molar-refractivity contribution is 0.414. The van der Waals surface area contributed by atoms with Crippen LogP contribution in [0.15, 0.2) is 48.5 Å². The van der Waals surface area contributed by atoms with Crippen molar-refractivity contribution in [3.05, 3.63) is 65.5 Å². The molecule has 6 heteroatoms. The number of methoxy groups -OCH3 is 1. The highest BCUT2D eigenvalue weighted by Gasteiger charge is 2.22. The van der Waals surface area contributed by atoms with Crippen LogP contribution in [0.4, 0.5) is 4.39 Å². The minimum Gasteiger partial charge on any atom is -0.497 e. The van der Waals surface area contributed by atoms with Crippen LogP contribution in [0, 0.1) is 11.7 Å². The van der Waals surface area contributed by atoms with Crippen LogP contribution in [0.3, 0.4) is 0 Å². The van der Waals surface area contributed by atoms with E-state index in [1.54, 1.807) is 25.3 Å². The second kappa shape index (κ2) is 8.45. The number of hydrogen-bond acceptors (Lipinski definition) is 3. The third kappa shape index (κ3) is 5.83. The second-order valence-electron chi connectivity index (χ2n) is 6.42. The first-order valence-electron chi connectivity index (χ1n) is 8.18. The molecule has 2 aromatic rings. The van der Waals surface area contributed by atoms with Crippen LogP contribution in [0.25, 0.3) is 0 Å². The van der Waals surface area contributed by atoms with E-state index in [0.717, 1.165) is 5.56 Å². The Kier molecular flexibility index (Phi) is 6.56. The number of sulfonamides is 1. The van der Waals surface area contributed by atoms with Gasteiger partial charge >= 0.3 is 0 Å². The summed E-state index contributed by atoms with van der Waals surface area (Å²) in [5, 5.41) is 0. The maximum absolute atomic E-state index is 13.8. The molecule has 2 rings (SSSR count). The standard InChI is InChI=1S/C19H24FNO3S/c1-14(2)12-19(15-8-10-17(24-3)11-9-15)21-25(22,23)13-16-6-4-5-7-18(16)20/h4-11,14,19,21H,12-13H2,1-3H3/t19-/m1/s1. The van der Waals surface area contributed by atoms with Gasteiger partial charge in [-0.05, 0) is 36.1 Å². The van der Waals surface area contributed by atoms with Gasteiger partial charge in [0.1, 0.15) is 11.6 Å². The maximum Gasteiger partial charge on any atom is 0.216 e. The Morgan fingerprint density at radius 3 is 2.28 bits per heavy atom. The predicted molar refractivity (Wildman–Crippen MR) is 97.3 cm³/mol. The molecule has 0 aliphatic rings. The molecule has 25 heavy (non-hydrogen) atoms. The van der Waals surface area contributed by atoms with Crippen molar-refractivity contribution in [1.82, 2.24) is 4.72 Å². The van der Waals surface area contributed by atoms with Crippen molar-refractivity contribution < 1.29 is 17.5 Å². The lowest BCUT2D eigenvalue weighted by Gasteiger charge is -2.21. The molecule has 0 fully saturated rings. The van der Waals surface area contributed by atoms with Gasteiger partial charge in [0.05, 0.1) is 12.9 Å². The topological polar surface area (TPSA) is 55.4 Å². The van der Waals surface area contributed by atoms with Gasteiger partial charge < -0.3 is 4.74 Å². The first-order valence-corrected chi connectivity index (χ1v) is 9.83. The van der Waals surface area contributed by atoms with Crippen LogP contribution < -0.4 is 9.46 Å².